The molecule has 2 rings (SSSR count). The highest BCUT2D eigenvalue weighted by molar-refractivity contribution is 5.50. The van der Waals surface area contributed by atoms with E-state index in [1.165, 1.54) is 12.1 Å². The Hall–Kier alpha value is -2.28. The van der Waals surface area contributed by atoms with Gasteiger partial charge in [-0.15, -0.1) is 0 Å². The monoisotopic (exact) mass is 244 g/mol. The number of halogens is 1. The summed E-state index contributed by atoms with van der Waals surface area (Å²) in [6.45, 7) is 2.52. The zero-order chi connectivity index (χ0) is 13.1. The molecule has 0 aliphatic carbocycles. The van der Waals surface area contributed by atoms with Crippen molar-refractivity contribution in [3.8, 4) is 6.07 Å². The van der Waals surface area contributed by atoms with Crippen LogP contribution in [0.2, 0.25) is 0 Å². The first-order valence-corrected chi connectivity index (χ1v) is 5.55. The summed E-state index contributed by atoms with van der Waals surface area (Å²) in [6, 6.07) is 8.29. The van der Waals surface area contributed by atoms with Crippen molar-refractivity contribution in [2.24, 2.45) is 0 Å². The molecule has 0 aliphatic rings. The summed E-state index contributed by atoms with van der Waals surface area (Å²) in [6.07, 6.45) is 1.64. The number of benzene rings is 1. The van der Waals surface area contributed by atoms with E-state index in [0.717, 1.165) is 17.0 Å². The Balaban J connectivity index is 2.19. The van der Waals surface area contributed by atoms with Crippen molar-refractivity contribution in [2.45, 2.75) is 13.5 Å². The molecule has 0 radical (unpaired) electrons. The third-order valence-corrected chi connectivity index (χ3v) is 2.89. The van der Waals surface area contributed by atoms with E-state index in [4.69, 9.17) is 9.68 Å². The van der Waals surface area contributed by atoms with Gasteiger partial charge in [-0.3, -0.25) is 0 Å². The molecule has 4 heteroatoms. The number of hydrogen-bond acceptors (Lipinski definition) is 3. The molecule has 1 aromatic heterocycles. The fourth-order valence-corrected chi connectivity index (χ4v) is 1.75. The molecular weight excluding hydrogens is 231 g/mol. The minimum absolute atomic E-state index is 0.0617. The van der Waals surface area contributed by atoms with Crippen LogP contribution in [0.4, 0.5) is 10.1 Å². The van der Waals surface area contributed by atoms with Gasteiger partial charge in [-0.25, -0.2) is 4.39 Å². The molecule has 92 valence electrons. The maximum absolute atomic E-state index is 13.5. The molecule has 0 spiro atoms. The van der Waals surface area contributed by atoms with Gasteiger partial charge in [0, 0.05) is 24.8 Å². The number of aryl methyl sites for hydroxylation is 1. The summed E-state index contributed by atoms with van der Waals surface area (Å²) in [7, 11) is 1.87. The van der Waals surface area contributed by atoms with Gasteiger partial charge in [0.05, 0.1) is 11.8 Å². The van der Waals surface area contributed by atoms with Gasteiger partial charge in [0.1, 0.15) is 17.6 Å². The number of anilines is 1. The fourth-order valence-electron chi connectivity index (χ4n) is 1.75. The zero-order valence-electron chi connectivity index (χ0n) is 10.3. The first-order chi connectivity index (χ1) is 8.61. The summed E-state index contributed by atoms with van der Waals surface area (Å²) in [5, 5.41) is 8.68. The van der Waals surface area contributed by atoms with Gasteiger partial charge in [0.15, 0.2) is 0 Å². The zero-order valence-corrected chi connectivity index (χ0v) is 10.3. The smallest absolute Gasteiger partial charge is 0.143 e. The molecular formula is C14H13FN2O. The molecule has 0 saturated heterocycles. The van der Waals surface area contributed by atoms with Crippen molar-refractivity contribution < 1.29 is 8.81 Å². The quantitative estimate of drug-likeness (QED) is 0.832. The lowest BCUT2D eigenvalue weighted by atomic mass is 10.2. The topological polar surface area (TPSA) is 40.2 Å². The lowest BCUT2D eigenvalue weighted by molar-refractivity contribution is 0.529. The first kappa shape index (κ1) is 12.2. The van der Waals surface area contributed by atoms with E-state index in [9.17, 15) is 4.39 Å². The molecule has 1 heterocycles. The molecule has 3 nitrogen and oxygen atoms in total. The van der Waals surface area contributed by atoms with Gasteiger partial charge in [-0.2, -0.15) is 5.26 Å². The Morgan fingerprint density at radius 2 is 2.17 bits per heavy atom. The molecule has 1 aromatic carbocycles. The molecule has 0 bridgehead atoms. The molecule has 0 fully saturated rings. The van der Waals surface area contributed by atoms with Crippen LogP contribution in [-0.4, -0.2) is 7.05 Å². The SMILES string of the molecule is Cc1occc1CN(C)c1ccc(C#N)c(F)c1. The van der Waals surface area contributed by atoms with Crippen LogP contribution in [0.3, 0.4) is 0 Å². The van der Waals surface area contributed by atoms with E-state index in [-0.39, 0.29) is 5.56 Å². The average molecular weight is 244 g/mol. The second-order valence-corrected chi connectivity index (χ2v) is 4.13. The van der Waals surface area contributed by atoms with Gasteiger partial charge < -0.3 is 9.32 Å². The van der Waals surface area contributed by atoms with E-state index < -0.39 is 5.82 Å². The molecule has 0 aliphatic heterocycles. The number of rotatable bonds is 3. The lowest BCUT2D eigenvalue weighted by Crippen LogP contribution is -2.16. The second kappa shape index (κ2) is 4.92. The highest BCUT2D eigenvalue weighted by atomic mass is 19.1. The number of nitrogens with zero attached hydrogens (tertiary/aromatic N) is 2. The average Bonchev–Trinajstić information content (AvgIpc) is 2.75. The highest BCUT2D eigenvalue weighted by Crippen LogP contribution is 2.20. The molecule has 0 atom stereocenters. The van der Waals surface area contributed by atoms with Gasteiger partial charge in [0.2, 0.25) is 0 Å². The predicted octanol–water partition coefficient (Wildman–Crippen LogP) is 3.24. The second-order valence-electron chi connectivity index (χ2n) is 4.13. The third-order valence-electron chi connectivity index (χ3n) is 2.89. The number of furan rings is 1. The molecule has 0 saturated carbocycles. The van der Waals surface area contributed by atoms with E-state index in [2.05, 4.69) is 0 Å². The molecule has 0 amide bonds. The van der Waals surface area contributed by atoms with Crippen molar-refractivity contribution in [1.29, 1.82) is 5.26 Å². The van der Waals surface area contributed by atoms with Crippen LogP contribution in [0, 0.1) is 24.1 Å². The van der Waals surface area contributed by atoms with Crippen LogP contribution in [-0.2, 0) is 6.54 Å². The minimum atomic E-state index is -0.495. The van der Waals surface area contributed by atoms with Crippen LogP contribution < -0.4 is 4.90 Å². The van der Waals surface area contributed by atoms with E-state index in [0.29, 0.717) is 6.54 Å². The molecule has 0 unspecified atom stereocenters. The number of hydrogen-bond donors (Lipinski definition) is 0. The van der Waals surface area contributed by atoms with Gasteiger partial charge in [-0.1, -0.05) is 0 Å². The molecule has 18 heavy (non-hydrogen) atoms. The van der Waals surface area contributed by atoms with Gasteiger partial charge >= 0.3 is 0 Å². The lowest BCUT2D eigenvalue weighted by Gasteiger charge is -2.19. The van der Waals surface area contributed by atoms with Crippen LogP contribution >= 0.6 is 0 Å². The predicted molar refractivity (Wildman–Crippen MR) is 66.7 cm³/mol. The van der Waals surface area contributed by atoms with E-state index in [1.807, 2.05) is 31.0 Å². The Kier molecular flexibility index (Phi) is 3.33. The Morgan fingerprint density at radius 1 is 1.39 bits per heavy atom. The Morgan fingerprint density at radius 3 is 2.72 bits per heavy atom. The third kappa shape index (κ3) is 2.35. The molecule has 2 aromatic rings. The van der Waals surface area contributed by atoms with Crippen molar-refractivity contribution in [2.75, 3.05) is 11.9 Å². The Bertz CT molecular complexity index is 598. The first-order valence-electron chi connectivity index (χ1n) is 5.55. The summed E-state index contributed by atoms with van der Waals surface area (Å²) < 4.78 is 18.7. The largest absolute Gasteiger partial charge is 0.469 e. The van der Waals surface area contributed by atoms with Crippen LogP contribution in [0.25, 0.3) is 0 Å². The van der Waals surface area contributed by atoms with E-state index >= 15 is 0 Å². The van der Waals surface area contributed by atoms with Crippen LogP contribution in [0.5, 0.6) is 0 Å². The van der Waals surface area contributed by atoms with Crippen LogP contribution in [0.1, 0.15) is 16.9 Å². The molecule has 0 N–H and O–H groups in total. The summed E-state index contributed by atoms with van der Waals surface area (Å²) in [5.74, 6) is 0.363. The summed E-state index contributed by atoms with van der Waals surface area (Å²) >= 11 is 0. The number of nitriles is 1. The summed E-state index contributed by atoms with van der Waals surface area (Å²) in [5.41, 5.74) is 1.85. The normalized spacial score (nSPS) is 10.1. The maximum atomic E-state index is 13.5. The summed E-state index contributed by atoms with van der Waals surface area (Å²) in [4.78, 5) is 1.90. The van der Waals surface area contributed by atoms with Crippen molar-refractivity contribution in [1.82, 2.24) is 0 Å². The van der Waals surface area contributed by atoms with Gasteiger partial charge in [-0.05, 0) is 31.2 Å². The standard InChI is InChI=1S/C14H13FN2O/c1-10-12(5-6-18-10)9-17(2)13-4-3-11(8-16)14(15)7-13/h3-7H,9H2,1-2H3. The maximum Gasteiger partial charge on any atom is 0.143 e. The highest BCUT2D eigenvalue weighted by Gasteiger charge is 2.09. The van der Waals surface area contributed by atoms with Gasteiger partial charge in [0.25, 0.3) is 0 Å². The van der Waals surface area contributed by atoms with E-state index in [1.54, 1.807) is 12.3 Å². The fraction of sp³-hybridized carbons (Fsp3) is 0.214. The van der Waals surface area contributed by atoms with Crippen LogP contribution in [0.15, 0.2) is 34.9 Å². The van der Waals surface area contributed by atoms with Crippen molar-refractivity contribution in [3.05, 3.63) is 53.2 Å². The Labute approximate surface area is 105 Å². The van der Waals surface area contributed by atoms with Crippen molar-refractivity contribution in [3.63, 3.8) is 0 Å². The van der Waals surface area contributed by atoms with Crippen molar-refractivity contribution >= 4 is 5.69 Å². The minimum Gasteiger partial charge on any atom is -0.469 e.